The Bertz CT molecular complexity index is 2540. The molecule has 0 amide bonds. The molecule has 0 saturated heterocycles. The van der Waals surface area contributed by atoms with Crippen LogP contribution in [0.15, 0.2) is 146 Å². The van der Waals surface area contributed by atoms with E-state index in [2.05, 4.69) is 114 Å². The van der Waals surface area contributed by atoms with Gasteiger partial charge in [0, 0.05) is 50.5 Å². The zero-order valence-electron chi connectivity index (χ0n) is 23.6. The average Bonchev–Trinajstić information content (AvgIpc) is 3.10. The first-order valence-corrected chi connectivity index (χ1v) is 14.7. The fraction of sp³-hybridized carbons (Fsp3) is 0. The van der Waals surface area contributed by atoms with Crippen LogP contribution >= 0.6 is 0 Å². The molecule has 0 radical (unpaired) electrons. The molecule has 0 fully saturated rings. The minimum absolute atomic E-state index is 0.913. The number of rotatable bonds is 3. The van der Waals surface area contributed by atoms with Gasteiger partial charge in [-0.2, -0.15) is 0 Å². The zero-order chi connectivity index (χ0) is 29.0. The Kier molecular flexibility index (Phi) is 5.47. The van der Waals surface area contributed by atoms with Crippen LogP contribution in [0, 0.1) is 0 Å². The van der Waals surface area contributed by atoms with Crippen molar-refractivity contribution in [3.8, 4) is 33.5 Å². The van der Waals surface area contributed by atoms with Crippen molar-refractivity contribution in [2.24, 2.45) is 0 Å². The maximum absolute atomic E-state index is 5.18. The predicted octanol–water partition coefficient (Wildman–Crippen LogP) is 10.0. The minimum Gasteiger partial charge on any atom is -0.254 e. The zero-order valence-corrected chi connectivity index (χ0v) is 23.6. The first-order valence-electron chi connectivity index (χ1n) is 14.7. The van der Waals surface area contributed by atoms with Gasteiger partial charge in [-0.05, 0) is 41.0 Å². The van der Waals surface area contributed by atoms with Crippen LogP contribution in [0.2, 0.25) is 0 Å². The quantitative estimate of drug-likeness (QED) is 0.159. The highest BCUT2D eigenvalue weighted by atomic mass is 14.8. The Morgan fingerprint density at radius 3 is 1.98 bits per heavy atom. The van der Waals surface area contributed by atoms with Gasteiger partial charge in [0.05, 0.1) is 33.3 Å². The monoisotopic (exact) mass is 560 g/mol. The van der Waals surface area contributed by atoms with Crippen LogP contribution < -0.4 is 0 Å². The summed E-state index contributed by atoms with van der Waals surface area (Å²) in [5, 5.41) is 5.48. The molecule has 0 aliphatic rings. The summed E-state index contributed by atoms with van der Waals surface area (Å²) in [6.07, 6.45) is 3.71. The van der Waals surface area contributed by atoms with Gasteiger partial charge in [-0.3, -0.25) is 9.97 Å². The van der Waals surface area contributed by atoms with Gasteiger partial charge in [0.2, 0.25) is 0 Å². The largest absolute Gasteiger partial charge is 0.254 e. The summed E-state index contributed by atoms with van der Waals surface area (Å²) >= 11 is 0. The number of para-hydroxylation sites is 1. The van der Waals surface area contributed by atoms with Gasteiger partial charge < -0.3 is 0 Å². The maximum atomic E-state index is 5.18. The molecule has 0 bridgehead atoms. The summed E-state index contributed by atoms with van der Waals surface area (Å²) < 4.78 is 0. The highest BCUT2D eigenvalue weighted by molar-refractivity contribution is 6.16. The van der Waals surface area contributed by atoms with Crippen molar-refractivity contribution in [2.45, 2.75) is 0 Å². The molecule has 44 heavy (non-hydrogen) atoms. The van der Waals surface area contributed by atoms with E-state index < -0.39 is 0 Å². The second-order valence-corrected chi connectivity index (χ2v) is 11.1. The van der Waals surface area contributed by atoms with E-state index in [4.69, 9.17) is 15.0 Å². The minimum atomic E-state index is 0.913. The van der Waals surface area contributed by atoms with Crippen LogP contribution in [0.4, 0.5) is 0 Å². The van der Waals surface area contributed by atoms with Gasteiger partial charge in [0.25, 0.3) is 0 Å². The second kappa shape index (κ2) is 9.79. The molecule has 4 aromatic heterocycles. The molecule has 0 atom stereocenters. The molecular formula is C40H24N4. The third-order valence-electron chi connectivity index (χ3n) is 8.55. The van der Waals surface area contributed by atoms with E-state index in [1.165, 1.54) is 5.56 Å². The summed E-state index contributed by atoms with van der Waals surface area (Å²) in [4.78, 5) is 19.7. The third kappa shape index (κ3) is 3.85. The number of benzene rings is 5. The molecule has 0 aliphatic heterocycles. The lowest BCUT2D eigenvalue weighted by Gasteiger charge is -2.14. The van der Waals surface area contributed by atoms with E-state index in [1.54, 1.807) is 0 Å². The van der Waals surface area contributed by atoms with Crippen LogP contribution in [-0.4, -0.2) is 19.9 Å². The number of aromatic nitrogens is 4. The van der Waals surface area contributed by atoms with Gasteiger partial charge in [-0.25, -0.2) is 9.97 Å². The molecule has 5 aromatic carbocycles. The molecule has 4 heterocycles. The molecule has 204 valence electrons. The van der Waals surface area contributed by atoms with Crippen molar-refractivity contribution in [3.63, 3.8) is 0 Å². The number of fused-ring (bicyclic) bond motifs is 7. The third-order valence-corrected chi connectivity index (χ3v) is 8.55. The van der Waals surface area contributed by atoms with E-state index in [-0.39, 0.29) is 0 Å². The molecular weight excluding hydrogens is 536 g/mol. The molecule has 0 aliphatic carbocycles. The summed E-state index contributed by atoms with van der Waals surface area (Å²) in [5.41, 5.74) is 11.3. The van der Waals surface area contributed by atoms with Crippen LogP contribution in [0.25, 0.3) is 88.0 Å². The molecule has 0 unspecified atom stereocenters. The topological polar surface area (TPSA) is 51.6 Å². The second-order valence-electron chi connectivity index (χ2n) is 11.1. The van der Waals surface area contributed by atoms with Gasteiger partial charge in [-0.15, -0.1) is 0 Å². The van der Waals surface area contributed by atoms with Crippen molar-refractivity contribution in [1.29, 1.82) is 0 Å². The molecule has 4 heteroatoms. The standard InChI is InChI=1S/C40H24N4/c1-2-7-26(8-3-1)34-21-18-29-17-20-33-36(32-10-4-5-11-35(32)44-40(33)38(29)43-34)27-14-12-25(13-15-27)30-22-24-42-39-31(30)19-16-28-9-6-23-41-37(28)39/h1-24H. The SMILES string of the molecule is c1ccc(-c2ccc3ccc4c(-c5ccc(-c6ccnc7c6ccc6cccnc67)cc5)c5ccccc5nc4c3n2)cc1. The number of hydrogen-bond acceptors (Lipinski definition) is 4. The Balaban J connectivity index is 1.24. The van der Waals surface area contributed by atoms with Crippen molar-refractivity contribution < 1.29 is 0 Å². The van der Waals surface area contributed by atoms with Crippen LogP contribution in [0.5, 0.6) is 0 Å². The fourth-order valence-electron chi connectivity index (χ4n) is 6.44. The predicted molar refractivity (Wildman–Crippen MR) is 181 cm³/mol. The summed E-state index contributed by atoms with van der Waals surface area (Å²) in [6, 6.07) is 46.6. The van der Waals surface area contributed by atoms with E-state index in [0.29, 0.717) is 0 Å². The molecule has 4 nitrogen and oxygen atoms in total. The highest BCUT2D eigenvalue weighted by Crippen LogP contribution is 2.39. The first-order chi connectivity index (χ1) is 21.8. The van der Waals surface area contributed by atoms with E-state index in [0.717, 1.165) is 82.5 Å². The van der Waals surface area contributed by atoms with E-state index in [1.807, 2.05) is 36.7 Å². The molecule has 9 rings (SSSR count). The van der Waals surface area contributed by atoms with Crippen LogP contribution in [-0.2, 0) is 0 Å². The van der Waals surface area contributed by atoms with Gasteiger partial charge in [0.1, 0.15) is 0 Å². The highest BCUT2D eigenvalue weighted by Gasteiger charge is 2.16. The van der Waals surface area contributed by atoms with Crippen molar-refractivity contribution in [1.82, 2.24) is 19.9 Å². The van der Waals surface area contributed by atoms with Crippen molar-refractivity contribution >= 4 is 54.5 Å². The van der Waals surface area contributed by atoms with Gasteiger partial charge in [0.15, 0.2) is 0 Å². The lowest BCUT2D eigenvalue weighted by Crippen LogP contribution is -1.93. The lowest BCUT2D eigenvalue weighted by molar-refractivity contribution is 1.37. The fourth-order valence-corrected chi connectivity index (χ4v) is 6.44. The van der Waals surface area contributed by atoms with Crippen molar-refractivity contribution in [3.05, 3.63) is 146 Å². The van der Waals surface area contributed by atoms with Gasteiger partial charge in [-0.1, -0.05) is 109 Å². The Morgan fingerprint density at radius 2 is 1.09 bits per heavy atom. The smallest absolute Gasteiger partial charge is 0.0978 e. The molecule has 0 saturated carbocycles. The maximum Gasteiger partial charge on any atom is 0.0978 e. The number of nitrogens with zero attached hydrogens (tertiary/aromatic N) is 4. The first kappa shape index (κ1) is 24.6. The van der Waals surface area contributed by atoms with Crippen LogP contribution in [0.1, 0.15) is 0 Å². The number of pyridine rings is 4. The summed E-state index contributed by atoms with van der Waals surface area (Å²) in [5.74, 6) is 0. The number of hydrogen-bond donors (Lipinski definition) is 0. The molecule has 9 aromatic rings. The van der Waals surface area contributed by atoms with Crippen molar-refractivity contribution in [2.75, 3.05) is 0 Å². The Hall–Kier alpha value is -6.00. The van der Waals surface area contributed by atoms with Crippen LogP contribution in [0.3, 0.4) is 0 Å². The normalized spacial score (nSPS) is 11.6. The van der Waals surface area contributed by atoms with Gasteiger partial charge >= 0.3 is 0 Å². The Labute approximate surface area is 253 Å². The lowest BCUT2D eigenvalue weighted by atomic mass is 9.93. The van der Waals surface area contributed by atoms with E-state index in [9.17, 15) is 0 Å². The summed E-state index contributed by atoms with van der Waals surface area (Å²) in [7, 11) is 0. The summed E-state index contributed by atoms with van der Waals surface area (Å²) in [6.45, 7) is 0. The Morgan fingerprint density at radius 1 is 0.364 bits per heavy atom. The van der Waals surface area contributed by atoms with E-state index >= 15 is 0 Å². The molecule has 0 N–H and O–H groups in total. The molecule has 0 spiro atoms. The average molecular weight is 561 g/mol.